The highest BCUT2D eigenvalue weighted by Gasteiger charge is 2.26. The van der Waals surface area contributed by atoms with E-state index < -0.39 is 5.60 Å². The molecule has 1 aromatic heterocycles. The average Bonchev–Trinajstić information content (AvgIpc) is 2.59. The Balaban J connectivity index is 1.53. The molecule has 1 aromatic carbocycles. The van der Waals surface area contributed by atoms with Gasteiger partial charge in [0.05, 0.1) is 10.9 Å². The Morgan fingerprint density at radius 3 is 2.69 bits per heavy atom. The van der Waals surface area contributed by atoms with Crippen molar-refractivity contribution < 1.29 is 9.53 Å². The van der Waals surface area contributed by atoms with E-state index in [1.54, 1.807) is 11.0 Å². The lowest BCUT2D eigenvalue weighted by Gasteiger charge is -2.33. The second kappa shape index (κ2) is 7.35. The highest BCUT2D eigenvalue weighted by Crippen LogP contribution is 2.20. The summed E-state index contributed by atoms with van der Waals surface area (Å²) < 4.78 is 5.42. The first-order valence-corrected chi connectivity index (χ1v) is 9.03. The summed E-state index contributed by atoms with van der Waals surface area (Å²) in [5, 5.41) is 3.82. The van der Waals surface area contributed by atoms with Gasteiger partial charge in [0.2, 0.25) is 5.95 Å². The molecular formula is C19H26N4O3. The minimum atomic E-state index is -0.469. The largest absolute Gasteiger partial charge is 0.444 e. The highest BCUT2D eigenvalue weighted by molar-refractivity contribution is 5.78. The van der Waals surface area contributed by atoms with Crippen LogP contribution in [0.4, 0.5) is 10.7 Å². The number of benzene rings is 1. The first kappa shape index (κ1) is 18.2. The van der Waals surface area contributed by atoms with Crippen LogP contribution >= 0.6 is 0 Å². The van der Waals surface area contributed by atoms with Gasteiger partial charge in [-0.1, -0.05) is 12.1 Å². The van der Waals surface area contributed by atoms with E-state index in [1.807, 2.05) is 39.0 Å². The monoisotopic (exact) mass is 358 g/mol. The summed E-state index contributed by atoms with van der Waals surface area (Å²) in [6.45, 7) is 7.70. The number of carbonyl (C=O) groups is 1. The number of rotatable bonds is 3. The summed E-state index contributed by atoms with van der Waals surface area (Å²) in [4.78, 5) is 33.1. The number of amides is 1. The summed E-state index contributed by atoms with van der Waals surface area (Å²) in [6, 6.07) is 7.33. The van der Waals surface area contributed by atoms with Crippen molar-refractivity contribution in [2.45, 2.75) is 39.2 Å². The number of hydrogen-bond acceptors (Lipinski definition) is 5. The van der Waals surface area contributed by atoms with Gasteiger partial charge in [0.15, 0.2) is 0 Å². The molecule has 1 aliphatic rings. The third-order valence-electron chi connectivity index (χ3n) is 4.45. The van der Waals surface area contributed by atoms with Crippen molar-refractivity contribution in [3.63, 3.8) is 0 Å². The minimum Gasteiger partial charge on any atom is -0.444 e. The molecule has 2 N–H and O–H groups in total. The zero-order valence-electron chi connectivity index (χ0n) is 15.5. The molecule has 1 saturated heterocycles. The molecule has 2 aromatic rings. The lowest BCUT2D eigenvalue weighted by atomic mass is 9.97. The van der Waals surface area contributed by atoms with Crippen molar-refractivity contribution in [3.8, 4) is 0 Å². The molecule has 0 bridgehead atoms. The number of piperidine rings is 1. The van der Waals surface area contributed by atoms with Gasteiger partial charge in [0, 0.05) is 19.6 Å². The molecule has 7 heteroatoms. The van der Waals surface area contributed by atoms with Crippen molar-refractivity contribution >= 4 is 22.9 Å². The maximum atomic E-state index is 12.1. The van der Waals surface area contributed by atoms with Crippen LogP contribution in [0.25, 0.3) is 10.9 Å². The summed E-state index contributed by atoms with van der Waals surface area (Å²) in [7, 11) is 0. The lowest BCUT2D eigenvalue weighted by Crippen LogP contribution is -2.42. The summed E-state index contributed by atoms with van der Waals surface area (Å²) in [5.74, 6) is 0.911. The second-order valence-electron chi connectivity index (χ2n) is 7.73. The molecule has 140 valence electrons. The van der Waals surface area contributed by atoms with Crippen LogP contribution in [0.5, 0.6) is 0 Å². The fourth-order valence-electron chi connectivity index (χ4n) is 3.07. The number of nitrogens with zero attached hydrogens (tertiary/aromatic N) is 2. The van der Waals surface area contributed by atoms with E-state index >= 15 is 0 Å². The van der Waals surface area contributed by atoms with Gasteiger partial charge in [-0.05, 0) is 51.7 Å². The number of likely N-dealkylation sites (tertiary alicyclic amines) is 1. The molecule has 1 amide bonds. The number of H-pyrrole nitrogens is 1. The molecule has 7 nitrogen and oxygen atoms in total. The number of nitrogens with one attached hydrogen (secondary N) is 2. The van der Waals surface area contributed by atoms with Crippen LogP contribution in [0, 0.1) is 5.92 Å². The Bertz CT molecular complexity index is 833. The Morgan fingerprint density at radius 2 is 2.00 bits per heavy atom. The summed E-state index contributed by atoms with van der Waals surface area (Å²) in [5.41, 5.74) is 0.0691. The van der Waals surface area contributed by atoms with Gasteiger partial charge in [-0.15, -0.1) is 0 Å². The number of ether oxygens (including phenoxy) is 1. The zero-order chi connectivity index (χ0) is 18.7. The van der Waals surface area contributed by atoms with Gasteiger partial charge >= 0.3 is 6.09 Å². The molecule has 0 unspecified atom stereocenters. The first-order valence-electron chi connectivity index (χ1n) is 9.03. The molecule has 0 aliphatic carbocycles. The van der Waals surface area contributed by atoms with Crippen LogP contribution < -0.4 is 10.9 Å². The minimum absolute atomic E-state index is 0.235. The molecular weight excluding hydrogens is 332 g/mol. The predicted octanol–water partition coefficient (Wildman–Crippen LogP) is 2.98. The van der Waals surface area contributed by atoms with E-state index in [-0.39, 0.29) is 11.7 Å². The van der Waals surface area contributed by atoms with Crippen LogP contribution in [0.15, 0.2) is 29.1 Å². The third-order valence-corrected chi connectivity index (χ3v) is 4.45. The van der Waals surface area contributed by atoms with Crippen LogP contribution in [-0.4, -0.2) is 46.2 Å². The first-order chi connectivity index (χ1) is 12.3. The van der Waals surface area contributed by atoms with E-state index in [2.05, 4.69) is 15.3 Å². The Kier molecular flexibility index (Phi) is 5.15. The van der Waals surface area contributed by atoms with Gasteiger partial charge in [-0.25, -0.2) is 4.79 Å². The summed E-state index contributed by atoms with van der Waals surface area (Å²) >= 11 is 0. The maximum absolute atomic E-state index is 12.1. The van der Waals surface area contributed by atoms with Crippen molar-refractivity contribution in [1.29, 1.82) is 0 Å². The lowest BCUT2D eigenvalue weighted by molar-refractivity contribution is 0.0188. The Labute approximate surface area is 152 Å². The van der Waals surface area contributed by atoms with Gasteiger partial charge in [-0.2, -0.15) is 4.98 Å². The fraction of sp³-hybridized carbons (Fsp3) is 0.526. The number of carbonyl (C=O) groups excluding carboxylic acids is 1. The molecule has 0 spiro atoms. The number of anilines is 1. The van der Waals surface area contributed by atoms with E-state index in [9.17, 15) is 9.59 Å². The van der Waals surface area contributed by atoms with E-state index in [1.165, 1.54) is 0 Å². The van der Waals surface area contributed by atoms with Crippen molar-refractivity contribution in [2.75, 3.05) is 25.0 Å². The van der Waals surface area contributed by atoms with E-state index in [0.717, 1.165) is 18.4 Å². The predicted molar refractivity (Wildman–Crippen MR) is 101 cm³/mol. The van der Waals surface area contributed by atoms with E-state index in [4.69, 9.17) is 4.74 Å². The van der Waals surface area contributed by atoms with Gasteiger partial charge in [0.1, 0.15) is 5.60 Å². The van der Waals surface area contributed by atoms with E-state index in [0.29, 0.717) is 36.9 Å². The normalized spacial score (nSPS) is 15.9. The van der Waals surface area contributed by atoms with Crippen LogP contribution in [0.3, 0.4) is 0 Å². The molecule has 2 heterocycles. The number of fused-ring (bicyclic) bond motifs is 1. The SMILES string of the molecule is CC(C)(C)OC(=O)N1CCC(CNc2nc(=O)c3ccccc3[nH]2)CC1. The van der Waals surface area contributed by atoms with Gasteiger partial charge in [0.25, 0.3) is 5.56 Å². The van der Waals surface area contributed by atoms with Crippen LogP contribution in [0.2, 0.25) is 0 Å². The van der Waals surface area contributed by atoms with Crippen molar-refractivity contribution in [1.82, 2.24) is 14.9 Å². The van der Waals surface area contributed by atoms with Crippen LogP contribution in [-0.2, 0) is 4.74 Å². The quantitative estimate of drug-likeness (QED) is 0.881. The Morgan fingerprint density at radius 1 is 1.31 bits per heavy atom. The Hall–Kier alpha value is -2.57. The average molecular weight is 358 g/mol. The highest BCUT2D eigenvalue weighted by atomic mass is 16.6. The number of aromatic amines is 1. The van der Waals surface area contributed by atoms with Gasteiger partial charge < -0.3 is 19.9 Å². The molecule has 1 aliphatic heterocycles. The zero-order valence-corrected chi connectivity index (χ0v) is 15.5. The topological polar surface area (TPSA) is 87.3 Å². The molecule has 3 rings (SSSR count). The molecule has 0 radical (unpaired) electrons. The third kappa shape index (κ3) is 4.53. The molecule has 0 atom stereocenters. The molecule has 1 fully saturated rings. The number of para-hydroxylation sites is 1. The standard InChI is InChI=1S/C19H26N4O3/c1-19(2,3)26-18(25)23-10-8-13(9-11-23)12-20-17-21-15-7-5-4-6-14(15)16(24)22-17/h4-7,13H,8-12H2,1-3H3,(H2,20,21,22,24). The van der Waals surface area contributed by atoms with Crippen molar-refractivity contribution in [3.05, 3.63) is 34.6 Å². The smallest absolute Gasteiger partial charge is 0.410 e. The maximum Gasteiger partial charge on any atom is 0.410 e. The summed E-state index contributed by atoms with van der Waals surface area (Å²) in [6.07, 6.45) is 1.54. The van der Waals surface area contributed by atoms with Gasteiger partial charge in [-0.3, -0.25) is 4.79 Å². The molecule has 0 saturated carbocycles. The second-order valence-corrected chi connectivity index (χ2v) is 7.73. The van der Waals surface area contributed by atoms with Crippen LogP contribution in [0.1, 0.15) is 33.6 Å². The number of hydrogen-bond donors (Lipinski definition) is 2. The number of aromatic nitrogens is 2. The fourth-order valence-corrected chi connectivity index (χ4v) is 3.07. The van der Waals surface area contributed by atoms with Crippen molar-refractivity contribution in [2.24, 2.45) is 5.92 Å². The molecule has 26 heavy (non-hydrogen) atoms.